The maximum Gasteiger partial charge on any atom is 0.285 e. The summed E-state index contributed by atoms with van der Waals surface area (Å²) in [6, 6.07) is 9.48. The average Bonchev–Trinajstić information content (AvgIpc) is 2.91. The molecule has 0 bridgehead atoms. The number of nitrogens with one attached hydrogen (secondary N) is 1. The standard InChI is InChI=1S/C18H21N7OS2/c1-3-24(4-2)12-7-5-11(6-8-12)9-13-16(26)25(18(27)28-13)23-17-21-14(19)10-15(20)22-17/h5-10H,3-4H2,1-2H3,(H5,19,20,21,22,23). The van der Waals surface area contributed by atoms with Gasteiger partial charge in [0.05, 0.1) is 4.91 Å². The lowest BCUT2D eigenvalue weighted by atomic mass is 10.1. The van der Waals surface area contributed by atoms with Crippen LogP contribution in [-0.4, -0.2) is 38.3 Å². The van der Waals surface area contributed by atoms with Gasteiger partial charge in [0.15, 0.2) is 4.32 Å². The summed E-state index contributed by atoms with van der Waals surface area (Å²) in [6.45, 7) is 6.12. The van der Waals surface area contributed by atoms with Crippen LogP contribution in [0.4, 0.5) is 23.3 Å². The highest BCUT2D eigenvalue weighted by Crippen LogP contribution is 2.32. The number of rotatable bonds is 6. The van der Waals surface area contributed by atoms with Gasteiger partial charge in [-0.15, -0.1) is 0 Å². The number of nitrogens with zero attached hydrogens (tertiary/aromatic N) is 4. The molecule has 0 saturated carbocycles. The molecule has 5 N–H and O–H groups in total. The molecule has 3 rings (SSSR count). The van der Waals surface area contributed by atoms with Gasteiger partial charge in [0, 0.05) is 24.8 Å². The highest BCUT2D eigenvalue weighted by Gasteiger charge is 2.33. The fourth-order valence-electron chi connectivity index (χ4n) is 2.72. The lowest BCUT2D eigenvalue weighted by Crippen LogP contribution is -2.34. The number of nitrogens with two attached hydrogens (primary N) is 2. The molecule has 1 amide bonds. The number of thioether (sulfide) groups is 1. The molecule has 0 aliphatic carbocycles. The first-order valence-corrected chi connectivity index (χ1v) is 9.93. The van der Waals surface area contributed by atoms with Crippen molar-refractivity contribution in [3.63, 3.8) is 0 Å². The third-order valence-corrected chi connectivity index (χ3v) is 5.39. The number of aromatic nitrogens is 2. The molecule has 2 aromatic rings. The van der Waals surface area contributed by atoms with E-state index in [0.717, 1.165) is 24.3 Å². The first-order valence-electron chi connectivity index (χ1n) is 8.71. The summed E-state index contributed by atoms with van der Waals surface area (Å²) < 4.78 is 0.348. The van der Waals surface area contributed by atoms with Gasteiger partial charge in [-0.2, -0.15) is 15.0 Å². The molecule has 1 saturated heterocycles. The molecule has 10 heteroatoms. The molecule has 1 aromatic heterocycles. The van der Waals surface area contributed by atoms with Gasteiger partial charge >= 0.3 is 0 Å². The Hall–Kier alpha value is -2.85. The van der Waals surface area contributed by atoms with Gasteiger partial charge in [0.2, 0.25) is 5.95 Å². The normalized spacial score (nSPS) is 15.4. The van der Waals surface area contributed by atoms with E-state index in [1.165, 1.54) is 22.8 Å². The first kappa shape index (κ1) is 19.9. The van der Waals surface area contributed by atoms with Crippen LogP contribution in [0.1, 0.15) is 19.4 Å². The summed E-state index contributed by atoms with van der Waals surface area (Å²) in [5.74, 6) is 0.222. The second-order valence-electron chi connectivity index (χ2n) is 5.93. The number of anilines is 4. The highest BCUT2D eigenvalue weighted by molar-refractivity contribution is 8.26. The van der Waals surface area contributed by atoms with Gasteiger partial charge in [-0.05, 0) is 49.8 Å². The second-order valence-corrected chi connectivity index (χ2v) is 7.61. The molecule has 1 fully saturated rings. The summed E-state index contributed by atoms with van der Waals surface area (Å²) in [7, 11) is 0. The predicted molar refractivity (Wildman–Crippen MR) is 119 cm³/mol. The average molecular weight is 416 g/mol. The van der Waals surface area contributed by atoms with Crippen LogP contribution >= 0.6 is 24.0 Å². The van der Waals surface area contributed by atoms with E-state index in [4.69, 9.17) is 23.7 Å². The van der Waals surface area contributed by atoms with Gasteiger partial charge in [-0.25, -0.2) is 0 Å². The predicted octanol–water partition coefficient (Wildman–Crippen LogP) is 2.72. The smallest absolute Gasteiger partial charge is 0.285 e. The van der Waals surface area contributed by atoms with Gasteiger partial charge in [0.1, 0.15) is 11.6 Å². The second kappa shape index (κ2) is 8.44. The number of carbonyl (C=O) groups is 1. The Morgan fingerprint density at radius 1 is 1.18 bits per heavy atom. The maximum absolute atomic E-state index is 12.7. The Balaban J connectivity index is 1.77. The van der Waals surface area contributed by atoms with Gasteiger partial charge < -0.3 is 16.4 Å². The minimum atomic E-state index is -0.285. The van der Waals surface area contributed by atoms with Crippen LogP contribution in [0, 0.1) is 0 Å². The molecule has 1 aliphatic heterocycles. The quantitative estimate of drug-likeness (QED) is 0.484. The zero-order valence-electron chi connectivity index (χ0n) is 15.5. The molecule has 146 valence electrons. The molecule has 0 unspecified atom stereocenters. The third-order valence-electron chi connectivity index (χ3n) is 4.09. The Morgan fingerprint density at radius 2 is 1.79 bits per heavy atom. The zero-order valence-corrected chi connectivity index (χ0v) is 17.2. The van der Waals surface area contributed by atoms with Crippen molar-refractivity contribution >= 4 is 63.6 Å². The number of hydrazine groups is 1. The van der Waals surface area contributed by atoms with Crippen LogP contribution in [0.2, 0.25) is 0 Å². The van der Waals surface area contributed by atoms with Gasteiger partial charge in [-0.3, -0.25) is 10.2 Å². The van der Waals surface area contributed by atoms with Gasteiger partial charge in [-0.1, -0.05) is 23.9 Å². The lowest BCUT2D eigenvalue weighted by molar-refractivity contribution is -0.121. The van der Waals surface area contributed by atoms with Crippen LogP contribution in [-0.2, 0) is 4.79 Å². The largest absolute Gasteiger partial charge is 0.383 e. The van der Waals surface area contributed by atoms with E-state index >= 15 is 0 Å². The van der Waals surface area contributed by atoms with Crippen molar-refractivity contribution in [3.8, 4) is 0 Å². The number of thiocarbonyl (C=S) groups is 1. The van der Waals surface area contributed by atoms with Crippen LogP contribution in [0.25, 0.3) is 6.08 Å². The SMILES string of the molecule is CCN(CC)c1ccc(C=C2SC(=S)N(Nc3nc(N)cc(N)n3)C2=O)cc1. The fraction of sp³-hybridized carbons (Fsp3) is 0.222. The number of hydrogen-bond acceptors (Lipinski definition) is 9. The molecule has 0 atom stereocenters. The van der Waals surface area contributed by atoms with Crippen molar-refractivity contribution < 1.29 is 4.79 Å². The van der Waals surface area contributed by atoms with E-state index in [0.29, 0.717) is 9.23 Å². The Bertz CT molecular complexity index is 906. The molecule has 28 heavy (non-hydrogen) atoms. The molecular weight excluding hydrogens is 394 g/mol. The number of amides is 1. The summed E-state index contributed by atoms with van der Waals surface area (Å²) in [5.41, 5.74) is 16.1. The summed E-state index contributed by atoms with van der Waals surface area (Å²) >= 11 is 6.50. The topological polar surface area (TPSA) is 113 Å². The summed E-state index contributed by atoms with van der Waals surface area (Å²) in [6.07, 6.45) is 1.81. The van der Waals surface area contributed by atoms with Crippen LogP contribution in [0.3, 0.4) is 0 Å². The minimum absolute atomic E-state index is 0.110. The number of nitrogen functional groups attached to an aromatic ring is 2. The molecule has 2 heterocycles. The van der Waals surface area contributed by atoms with Crippen molar-refractivity contribution in [1.29, 1.82) is 0 Å². The lowest BCUT2D eigenvalue weighted by Gasteiger charge is -2.20. The first-order chi connectivity index (χ1) is 13.4. The maximum atomic E-state index is 12.7. The molecular formula is C18H21N7OS2. The van der Waals surface area contributed by atoms with Crippen molar-refractivity contribution in [2.45, 2.75) is 13.8 Å². The summed E-state index contributed by atoms with van der Waals surface area (Å²) in [4.78, 5) is 23.5. The fourth-order valence-corrected chi connectivity index (χ4v) is 3.90. The molecule has 8 nitrogen and oxygen atoms in total. The number of carbonyl (C=O) groups excluding carboxylic acids is 1. The van der Waals surface area contributed by atoms with Crippen molar-refractivity contribution in [2.75, 3.05) is 34.9 Å². The molecule has 0 radical (unpaired) electrons. The monoisotopic (exact) mass is 415 g/mol. The van der Waals surface area contributed by atoms with Crippen molar-refractivity contribution in [1.82, 2.24) is 15.0 Å². The van der Waals surface area contributed by atoms with E-state index in [2.05, 4.69) is 34.1 Å². The zero-order chi connectivity index (χ0) is 20.3. The summed E-state index contributed by atoms with van der Waals surface area (Å²) in [5, 5.41) is 1.21. The Labute approximate surface area is 173 Å². The van der Waals surface area contributed by atoms with Crippen molar-refractivity contribution in [3.05, 3.63) is 40.8 Å². The number of benzene rings is 1. The third kappa shape index (κ3) is 4.34. The van der Waals surface area contributed by atoms with E-state index in [9.17, 15) is 4.79 Å². The molecule has 1 aliphatic rings. The van der Waals surface area contributed by atoms with Crippen LogP contribution in [0.5, 0.6) is 0 Å². The Morgan fingerprint density at radius 3 is 2.36 bits per heavy atom. The van der Waals surface area contributed by atoms with Crippen molar-refractivity contribution in [2.24, 2.45) is 0 Å². The van der Waals surface area contributed by atoms with Crippen LogP contribution < -0.4 is 21.8 Å². The molecule has 1 aromatic carbocycles. The van der Waals surface area contributed by atoms with E-state index in [1.54, 1.807) is 0 Å². The Kier molecular flexibility index (Phi) is 6.00. The van der Waals surface area contributed by atoms with Gasteiger partial charge in [0.25, 0.3) is 5.91 Å². The number of hydrogen-bond donors (Lipinski definition) is 3. The van der Waals surface area contributed by atoms with E-state index < -0.39 is 0 Å². The highest BCUT2D eigenvalue weighted by atomic mass is 32.2. The van der Waals surface area contributed by atoms with Crippen LogP contribution in [0.15, 0.2) is 35.2 Å². The molecule has 0 spiro atoms. The van der Waals surface area contributed by atoms with E-state index in [-0.39, 0.29) is 23.5 Å². The van der Waals surface area contributed by atoms with E-state index in [1.807, 2.05) is 30.3 Å². The minimum Gasteiger partial charge on any atom is -0.383 e.